The highest BCUT2D eigenvalue weighted by Gasteiger charge is 2.04. The number of unbranched alkanes of at least 4 members (excludes halogenated alkanes) is 5. The Morgan fingerprint density at radius 2 is 1.82 bits per heavy atom. The monoisotopic (exact) mass is 271 g/mol. The van der Waals surface area contributed by atoms with Gasteiger partial charge in [-0.25, -0.2) is 0 Å². The second kappa shape index (κ2) is 8.71. The van der Waals surface area contributed by atoms with Crippen LogP contribution < -0.4 is 5.73 Å². The number of rotatable bonds is 8. The quantitative estimate of drug-likeness (QED) is 0.390. The predicted molar refractivity (Wildman–Crippen MR) is 80.0 cm³/mol. The van der Waals surface area contributed by atoms with Crippen LogP contribution in [0.4, 0.5) is 5.69 Å². The normalized spacial score (nSPS) is 10.7. The molecule has 1 aromatic rings. The third-order valence-corrected chi connectivity index (χ3v) is 4.41. The lowest BCUT2D eigenvalue weighted by atomic mass is 10.1. The first-order valence-electron chi connectivity index (χ1n) is 6.42. The lowest BCUT2D eigenvalue weighted by molar-refractivity contribution is 0.627. The lowest BCUT2D eigenvalue weighted by Gasteiger charge is -2.07. The minimum atomic E-state index is 0.779. The molecule has 0 amide bonds. The van der Waals surface area contributed by atoms with Crippen LogP contribution in [0.25, 0.3) is 0 Å². The Labute approximate surface area is 114 Å². The van der Waals surface area contributed by atoms with E-state index in [-0.39, 0.29) is 0 Å². The van der Waals surface area contributed by atoms with Crippen molar-refractivity contribution in [1.29, 1.82) is 0 Å². The van der Waals surface area contributed by atoms with E-state index in [1.54, 1.807) is 11.8 Å². The van der Waals surface area contributed by atoms with Crippen molar-refractivity contribution in [3.8, 4) is 0 Å². The summed E-state index contributed by atoms with van der Waals surface area (Å²) in [5, 5.41) is 0.779. The topological polar surface area (TPSA) is 26.0 Å². The Balaban J connectivity index is 2.18. The van der Waals surface area contributed by atoms with E-state index in [9.17, 15) is 0 Å². The molecule has 0 unspecified atom stereocenters. The molecule has 0 atom stereocenters. The van der Waals surface area contributed by atoms with Gasteiger partial charge in [0.25, 0.3) is 0 Å². The van der Waals surface area contributed by atoms with Crippen molar-refractivity contribution in [1.82, 2.24) is 0 Å². The molecule has 1 nitrogen and oxygen atoms in total. The van der Waals surface area contributed by atoms with Gasteiger partial charge in [0.05, 0.1) is 5.02 Å². The standard InChI is InChI=1S/C14H22ClNS/c1-2-3-4-5-6-7-11-17-14-12(15)9-8-10-13(14)16/h8-10H,2-7,11,16H2,1H3. The number of benzene rings is 1. The van der Waals surface area contributed by atoms with Gasteiger partial charge in [-0.3, -0.25) is 0 Å². The SMILES string of the molecule is CCCCCCCCSc1c(N)cccc1Cl. The fourth-order valence-corrected chi connectivity index (χ4v) is 3.07. The average molecular weight is 272 g/mol. The van der Waals surface area contributed by atoms with E-state index in [1.807, 2.05) is 18.2 Å². The first-order chi connectivity index (χ1) is 8.25. The van der Waals surface area contributed by atoms with Crippen LogP contribution in [-0.2, 0) is 0 Å². The molecule has 3 heteroatoms. The molecule has 0 bridgehead atoms. The zero-order valence-corrected chi connectivity index (χ0v) is 12.1. The van der Waals surface area contributed by atoms with Crippen molar-refractivity contribution < 1.29 is 0 Å². The number of halogens is 1. The van der Waals surface area contributed by atoms with Gasteiger partial charge in [0.2, 0.25) is 0 Å². The highest BCUT2D eigenvalue weighted by Crippen LogP contribution is 2.32. The maximum absolute atomic E-state index is 6.11. The third kappa shape index (κ3) is 5.69. The number of hydrogen-bond donors (Lipinski definition) is 1. The molecule has 0 spiro atoms. The highest BCUT2D eigenvalue weighted by atomic mass is 35.5. The van der Waals surface area contributed by atoms with E-state index in [4.69, 9.17) is 17.3 Å². The van der Waals surface area contributed by atoms with Crippen LogP contribution in [0.1, 0.15) is 45.4 Å². The number of nitrogens with two attached hydrogens (primary N) is 1. The van der Waals surface area contributed by atoms with Crippen LogP contribution >= 0.6 is 23.4 Å². The first kappa shape index (κ1) is 14.7. The fourth-order valence-electron chi connectivity index (χ4n) is 1.73. The van der Waals surface area contributed by atoms with Crippen molar-refractivity contribution >= 4 is 29.1 Å². The Kier molecular flexibility index (Phi) is 7.54. The van der Waals surface area contributed by atoms with Gasteiger partial charge in [-0.1, -0.05) is 56.7 Å². The van der Waals surface area contributed by atoms with E-state index in [1.165, 1.54) is 38.5 Å². The zero-order chi connectivity index (χ0) is 12.5. The molecule has 0 saturated heterocycles. The number of anilines is 1. The van der Waals surface area contributed by atoms with Crippen LogP contribution in [0.2, 0.25) is 5.02 Å². The molecule has 0 aromatic heterocycles. The van der Waals surface area contributed by atoms with E-state index in [0.29, 0.717) is 0 Å². The Morgan fingerprint density at radius 3 is 2.53 bits per heavy atom. The summed E-state index contributed by atoms with van der Waals surface area (Å²) in [4.78, 5) is 1.04. The van der Waals surface area contributed by atoms with Gasteiger partial charge in [-0.2, -0.15) is 0 Å². The Bertz CT molecular complexity index is 308. The number of nitrogen functional groups attached to an aromatic ring is 1. The van der Waals surface area contributed by atoms with E-state index in [2.05, 4.69) is 6.92 Å². The van der Waals surface area contributed by atoms with Crippen molar-refractivity contribution in [3.63, 3.8) is 0 Å². The summed E-state index contributed by atoms with van der Waals surface area (Å²) in [7, 11) is 0. The first-order valence-corrected chi connectivity index (χ1v) is 7.79. The van der Waals surface area contributed by atoms with Gasteiger partial charge < -0.3 is 5.73 Å². The van der Waals surface area contributed by atoms with Crippen LogP contribution in [0, 0.1) is 0 Å². The smallest absolute Gasteiger partial charge is 0.0562 e. The van der Waals surface area contributed by atoms with Crippen LogP contribution in [0.15, 0.2) is 23.1 Å². The summed E-state index contributed by atoms with van der Waals surface area (Å²) in [5.74, 6) is 1.11. The van der Waals surface area contributed by atoms with Crippen molar-refractivity contribution in [2.24, 2.45) is 0 Å². The van der Waals surface area contributed by atoms with Crippen molar-refractivity contribution in [3.05, 3.63) is 23.2 Å². The van der Waals surface area contributed by atoms with Crippen LogP contribution in [-0.4, -0.2) is 5.75 Å². The highest BCUT2D eigenvalue weighted by molar-refractivity contribution is 7.99. The number of thioether (sulfide) groups is 1. The second-order valence-electron chi connectivity index (χ2n) is 4.27. The molecule has 0 aliphatic heterocycles. The predicted octanol–water partition coefficient (Wildman–Crippen LogP) is 5.37. The molecule has 0 fully saturated rings. The van der Waals surface area contributed by atoms with Gasteiger partial charge >= 0.3 is 0 Å². The summed E-state index contributed by atoms with van der Waals surface area (Å²) in [6.07, 6.45) is 7.97. The molecule has 0 saturated carbocycles. The summed E-state index contributed by atoms with van der Waals surface area (Å²) in [6.45, 7) is 2.25. The van der Waals surface area contributed by atoms with Crippen molar-refractivity contribution in [2.75, 3.05) is 11.5 Å². The molecule has 0 heterocycles. The summed E-state index contributed by atoms with van der Waals surface area (Å²) in [5.41, 5.74) is 6.70. The summed E-state index contributed by atoms with van der Waals surface area (Å²) >= 11 is 7.89. The fraction of sp³-hybridized carbons (Fsp3) is 0.571. The van der Waals surface area contributed by atoms with Crippen LogP contribution in [0.5, 0.6) is 0 Å². The maximum atomic E-state index is 6.11. The summed E-state index contributed by atoms with van der Waals surface area (Å²) in [6, 6.07) is 5.71. The molecule has 1 aromatic carbocycles. The van der Waals surface area contributed by atoms with Crippen LogP contribution in [0.3, 0.4) is 0 Å². The van der Waals surface area contributed by atoms with Gasteiger partial charge in [0.15, 0.2) is 0 Å². The minimum Gasteiger partial charge on any atom is -0.398 e. The molecular weight excluding hydrogens is 250 g/mol. The molecule has 0 aliphatic rings. The second-order valence-corrected chi connectivity index (χ2v) is 5.79. The molecule has 0 aliphatic carbocycles. The van der Waals surface area contributed by atoms with E-state index >= 15 is 0 Å². The minimum absolute atomic E-state index is 0.779. The van der Waals surface area contributed by atoms with Gasteiger partial charge in [0.1, 0.15) is 0 Å². The Hall–Kier alpha value is -0.340. The Morgan fingerprint density at radius 1 is 1.12 bits per heavy atom. The average Bonchev–Trinajstić information content (AvgIpc) is 2.31. The molecule has 2 N–H and O–H groups in total. The zero-order valence-electron chi connectivity index (χ0n) is 10.5. The third-order valence-electron chi connectivity index (χ3n) is 2.74. The molecule has 0 radical (unpaired) electrons. The van der Waals surface area contributed by atoms with Gasteiger partial charge in [-0.15, -0.1) is 11.8 Å². The van der Waals surface area contributed by atoms with E-state index in [0.717, 1.165) is 21.4 Å². The molecule has 17 heavy (non-hydrogen) atoms. The molecular formula is C14H22ClNS. The lowest BCUT2D eigenvalue weighted by Crippen LogP contribution is -1.90. The summed E-state index contributed by atoms with van der Waals surface area (Å²) < 4.78 is 0. The maximum Gasteiger partial charge on any atom is 0.0562 e. The van der Waals surface area contributed by atoms with Gasteiger partial charge in [-0.05, 0) is 24.3 Å². The number of hydrogen-bond acceptors (Lipinski definition) is 2. The largest absolute Gasteiger partial charge is 0.398 e. The molecule has 1 rings (SSSR count). The molecule has 96 valence electrons. The van der Waals surface area contributed by atoms with Gasteiger partial charge in [0, 0.05) is 10.6 Å². The van der Waals surface area contributed by atoms with E-state index < -0.39 is 0 Å². The van der Waals surface area contributed by atoms with Crippen molar-refractivity contribution in [2.45, 2.75) is 50.3 Å².